The molecule has 28 heavy (non-hydrogen) atoms. The topological polar surface area (TPSA) is 71.1 Å². The molecule has 144 valence electrons. The minimum atomic E-state index is -0.348. The molecule has 0 unspecified atom stereocenters. The highest BCUT2D eigenvalue weighted by Gasteiger charge is 2.19. The van der Waals surface area contributed by atoms with Crippen LogP contribution in [0.2, 0.25) is 10.0 Å². The number of amides is 2. The lowest BCUT2D eigenvalue weighted by Crippen LogP contribution is -2.42. The molecule has 0 saturated heterocycles. The molecule has 5 nitrogen and oxygen atoms in total. The second-order valence-electron chi connectivity index (χ2n) is 6.33. The van der Waals surface area contributed by atoms with E-state index in [1.807, 2.05) is 6.07 Å². The standard InChI is InChI=1S/C19H15Cl2N3O2S2/c20-12-4-2-5-13(21)17(12)19-22-11(9-27-19)8-16(25)23-24-18(26)15-7-10-3-1-6-14(10)28-15/h2,4-5,7,9H,1,3,6,8H2,(H,23,25)(H,24,26). The molecule has 0 radical (unpaired) electrons. The Bertz CT molecular complexity index is 1020. The second-order valence-corrected chi connectivity index (χ2v) is 9.14. The first-order valence-electron chi connectivity index (χ1n) is 8.61. The third kappa shape index (κ3) is 4.07. The molecule has 0 bridgehead atoms. The predicted octanol–water partition coefficient (Wildman–Crippen LogP) is 4.67. The van der Waals surface area contributed by atoms with E-state index < -0.39 is 0 Å². The number of rotatable bonds is 4. The Hall–Kier alpha value is -1.93. The van der Waals surface area contributed by atoms with Crippen molar-refractivity contribution in [2.45, 2.75) is 25.7 Å². The van der Waals surface area contributed by atoms with E-state index in [1.54, 1.807) is 23.6 Å². The Kier molecular flexibility index (Phi) is 5.68. The van der Waals surface area contributed by atoms with E-state index in [0.717, 1.165) is 19.3 Å². The van der Waals surface area contributed by atoms with Crippen molar-refractivity contribution in [3.63, 3.8) is 0 Å². The maximum Gasteiger partial charge on any atom is 0.279 e. The molecule has 4 rings (SSSR count). The number of hydrazine groups is 1. The number of nitrogens with zero attached hydrogens (tertiary/aromatic N) is 1. The molecule has 9 heteroatoms. The molecule has 2 aromatic heterocycles. The Morgan fingerprint density at radius 1 is 1.14 bits per heavy atom. The molecule has 0 atom stereocenters. The average molecular weight is 452 g/mol. The van der Waals surface area contributed by atoms with Crippen molar-refractivity contribution in [1.29, 1.82) is 0 Å². The fraction of sp³-hybridized carbons (Fsp3) is 0.211. The lowest BCUT2D eigenvalue weighted by molar-refractivity contribution is -0.121. The maximum atomic E-state index is 12.2. The maximum absolute atomic E-state index is 12.2. The van der Waals surface area contributed by atoms with Crippen molar-refractivity contribution in [3.05, 3.63) is 60.7 Å². The quantitative estimate of drug-likeness (QED) is 0.566. The fourth-order valence-electron chi connectivity index (χ4n) is 3.04. The summed E-state index contributed by atoms with van der Waals surface area (Å²) >= 11 is 15.3. The number of aromatic nitrogens is 1. The third-order valence-electron chi connectivity index (χ3n) is 4.36. The van der Waals surface area contributed by atoms with Gasteiger partial charge in [0, 0.05) is 15.8 Å². The number of carbonyl (C=O) groups excluding carboxylic acids is 2. The number of hydrogen-bond donors (Lipinski definition) is 2. The van der Waals surface area contributed by atoms with Crippen molar-refractivity contribution in [3.8, 4) is 10.6 Å². The number of halogens is 2. The molecule has 0 saturated carbocycles. The molecule has 0 spiro atoms. The molecule has 1 aromatic carbocycles. The fourth-order valence-corrected chi connectivity index (χ4v) is 5.77. The van der Waals surface area contributed by atoms with Crippen LogP contribution in [0.4, 0.5) is 0 Å². The van der Waals surface area contributed by atoms with Gasteiger partial charge in [0.05, 0.1) is 27.0 Å². The summed E-state index contributed by atoms with van der Waals surface area (Å²) in [6.45, 7) is 0. The van der Waals surface area contributed by atoms with Gasteiger partial charge in [-0.3, -0.25) is 20.4 Å². The van der Waals surface area contributed by atoms with Gasteiger partial charge in [0.1, 0.15) is 5.01 Å². The number of nitrogens with one attached hydrogen (secondary N) is 2. The van der Waals surface area contributed by atoms with Crippen molar-refractivity contribution < 1.29 is 9.59 Å². The lowest BCUT2D eigenvalue weighted by atomic mass is 10.2. The largest absolute Gasteiger partial charge is 0.279 e. The van der Waals surface area contributed by atoms with Gasteiger partial charge in [-0.2, -0.15) is 0 Å². The molecule has 1 aliphatic carbocycles. The zero-order valence-electron chi connectivity index (χ0n) is 14.6. The second kappa shape index (κ2) is 8.21. The molecular weight excluding hydrogens is 437 g/mol. The van der Waals surface area contributed by atoms with Crippen LogP contribution in [0, 0.1) is 0 Å². The van der Waals surface area contributed by atoms with Crippen LogP contribution >= 0.6 is 45.9 Å². The van der Waals surface area contributed by atoms with Gasteiger partial charge in [-0.05, 0) is 43.0 Å². The summed E-state index contributed by atoms with van der Waals surface area (Å²) in [7, 11) is 0. The Morgan fingerprint density at radius 3 is 2.68 bits per heavy atom. The van der Waals surface area contributed by atoms with Crippen molar-refractivity contribution in [1.82, 2.24) is 15.8 Å². The summed E-state index contributed by atoms with van der Waals surface area (Å²) in [6, 6.07) is 7.16. The van der Waals surface area contributed by atoms with Gasteiger partial charge in [-0.15, -0.1) is 22.7 Å². The van der Waals surface area contributed by atoms with Gasteiger partial charge >= 0.3 is 0 Å². The van der Waals surface area contributed by atoms with Gasteiger partial charge in [-0.25, -0.2) is 4.98 Å². The zero-order chi connectivity index (χ0) is 19.7. The molecule has 2 N–H and O–H groups in total. The molecule has 2 amide bonds. The number of hydrogen-bond acceptors (Lipinski definition) is 5. The van der Waals surface area contributed by atoms with E-state index in [2.05, 4.69) is 15.8 Å². The van der Waals surface area contributed by atoms with Crippen LogP contribution < -0.4 is 10.9 Å². The van der Waals surface area contributed by atoms with Gasteiger partial charge in [0.15, 0.2) is 0 Å². The van der Waals surface area contributed by atoms with Crippen LogP contribution in [-0.2, 0) is 24.1 Å². The smallest absolute Gasteiger partial charge is 0.273 e. The monoisotopic (exact) mass is 451 g/mol. The minimum Gasteiger partial charge on any atom is -0.273 e. The Morgan fingerprint density at radius 2 is 1.93 bits per heavy atom. The predicted molar refractivity (Wildman–Crippen MR) is 113 cm³/mol. The number of carbonyl (C=O) groups is 2. The number of aryl methyl sites for hydroxylation is 2. The molecule has 2 heterocycles. The van der Waals surface area contributed by atoms with E-state index in [9.17, 15) is 9.59 Å². The number of thiazole rings is 1. The summed E-state index contributed by atoms with van der Waals surface area (Å²) in [5.74, 6) is -0.644. The first-order valence-corrected chi connectivity index (χ1v) is 11.1. The summed E-state index contributed by atoms with van der Waals surface area (Å²) in [4.78, 5) is 30.7. The number of benzene rings is 1. The molecule has 0 aliphatic heterocycles. The normalized spacial score (nSPS) is 12.6. The Labute approximate surface area is 179 Å². The molecule has 3 aromatic rings. The summed E-state index contributed by atoms with van der Waals surface area (Å²) in [5, 5.41) is 3.44. The summed E-state index contributed by atoms with van der Waals surface area (Å²) in [5.41, 5.74) is 7.40. The number of fused-ring (bicyclic) bond motifs is 1. The van der Waals surface area contributed by atoms with Crippen LogP contribution in [0.5, 0.6) is 0 Å². The Balaban J connectivity index is 1.35. The van der Waals surface area contributed by atoms with E-state index in [1.165, 1.54) is 33.1 Å². The van der Waals surface area contributed by atoms with Gasteiger partial charge in [0.25, 0.3) is 5.91 Å². The minimum absolute atomic E-state index is 0.0415. The van der Waals surface area contributed by atoms with E-state index in [-0.39, 0.29) is 18.2 Å². The highest BCUT2D eigenvalue weighted by Crippen LogP contribution is 2.36. The van der Waals surface area contributed by atoms with Crippen LogP contribution in [-0.4, -0.2) is 16.8 Å². The van der Waals surface area contributed by atoms with Gasteiger partial charge in [0.2, 0.25) is 5.91 Å². The van der Waals surface area contributed by atoms with Crippen LogP contribution in [0.1, 0.15) is 32.2 Å². The SMILES string of the molecule is O=C(Cc1csc(-c2c(Cl)cccc2Cl)n1)NNC(=O)c1cc2c(s1)CCC2. The van der Waals surface area contributed by atoms with Crippen molar-refractivity contribution >= 4 is 57.7 Å². The molecular formula is C19H15Cl2N3O2S2. The number of thiophene rings is 1. The van der Waals surface area contributed by atoms with Crippen LogP contribution in [0.25, 0.3) is 10.6 Å². The summed E-state index contributed by atoms with van der Waals surface area (Å²) < 4.78 is 0. The van der Waals surface area contributed by atoms with Gasteiger partial charge < -0.3 is 0 Å². The van der Waals surface area contributed by atoms with E-state index >= 15 is 0 Å². The van der Waals surface area contributed by atoms with Gasteiger partial charge in [-0.1, -0.05) is 29.3 Å². The van der Waals surface area contributed by atoms with Crippen LogP contribution in [0.3, 0.4) is 0 Å². The zero-order valence-corrected chi connectivity index (χ0v) is 17.7. The highest BCUT2D eigenvalue weighted by atomic mass is 35.5. The van der Waals surface area contributed by atoms with Crippen molar-refractivity contribution in [2.75, 3.05) is 0 Å². The first kappa shape index (κ1) is 19.4. The average Bonchev–Trinajstić information content (AvgIpc) is 3.36. The molecule has 1 aliphatic rings. The van der Waals surface area contributed by atoms with E-state index in [4.69, 9.17) is 23.2 Å². The lowest BCUT2D eigenvalue weighted by Gasteiger charge is -2.05. The van der Waals surface area contributed by atoms with Crippen LogP contribution in [0.15, 0.2) is 29.6 Å². The van der Waals surface area contributed by atoms with Crippen molar-refractivity contribution in [2.24, 2.45) is 0 Å². The van der Waals surface area contributed by atoms with E-state index in [0.29, 0.717) is 31.2 Å². The third-order valence-corrected chi connectivity index (χ3v) is 7.13. The molecule has 0 fully saturated rings. The first-order chi connectivity index (χ1) is 13.5. The highest BCUT2D eigenvalue weighted by molar-refractivity contribution is 7.14. The summed E-state index contributed by atoms with van der Waals surface area (Å²) in [6.07, 6.45) is 3.24.